The van der Waals surface area contributed by atoms with E-state index in [-0.39, 0.29) is 0 Å². The van der Waals surface area contributed by atoms with E-state index in [0.29, 0.717) is 6.61 Å². The van der Waals surface area contributed by atoms with Gasteiger partial charge >= 0.3 is 0 Å². The lowest BCUT2D eigenvalue weighted by molar-refractivity contribution is 0.301. The van der Waals surface area contributed by atoms with E-state index in [1.807, 2.05) is 48.5 Å². The first kappa shape index (κ1) is 8.75. The van der Waals surface area contributed by atoms with Gasteiger partial charge < -0.3 is 4.74 Å². The largest absolute Gasteiger partial charge is 0.487 e. The van der Waals surface area contributed by atoms with Crippen molar-refractivity contribution in [1.29, 1.82) is 0 Å². The van der Waals surface area contributed by atoms with Crippen LogP contribution in [0, 0.1) is 0 Å². The average Bonchev–Trinajstić information content (AvgIpc) is 2.29. The van der Waals surface area contributed by atoms with Crippen LogP contribution in [0.25, 0.3) is 0 Å². The lowest BCUT2D eigenvalue weighted by Crippen LogP contribution is -1.96. The molecular formula is C12H11NO. The number of pyridine rings is 1. The van der Waals surface area contributed by atoms with E-state index in [2.05, 4.69) is 4.98 Å². The van der Waals surface area contributed by atoms with Crippen molar-refractivity contribution in [3.63, 3.8) is 0 Å². The topological polar surface area (TPSA) is 22.1 Å². The van der Waals surface area contributed by atoms with Crippen molar-refractivity contribution in [2.75, 3.05) is 0 Å². The second-order valence-electron chi connectivity index (χ2n) is 2.92. The van der Waals surface area contributed by atoms with E-state index in [1.54, 1.807) is 6.20 Å². The third-order valence-corrected chi connectivity index (χ3v) is 1.86. The molecule has 0 saturated carbocycles. The fourth-order valence-electron chi connectivity index (χ4n) is 1.16. The summed E-state index contributed by atoms with van der Waals surface area (Å²) in [4.78, 5) is 4.17. The number of hydrogen-bond acceptors (Lipinski definition) is 2. The summed E-state index contributed by atoms with van der Waals surface area (Å²) in [5.41, 5.74) is 0.941. The molecule has 2 nitrogen and oxygen atoms in total. The van der Waals surface area contributed by atoms with Gasteiger partial charge in [-0.25, -0.2) is 0 Å². The minimum atomic E-state index is 0.519. The van der Waals surface area contributed by atoms with Crippen molar-refractivity contribution in [2.24, 2.45) is 0 Å². The van der Waals surface area contributed by atoms with Gasteiger partial charge in [0.2, 0.25) is 0 Å². The van der Waals surface area contributed by atoms with Crippen LogP contribution in [0.15, 0.2) is 54.7 Å². The van der Waals surface area contributed by atoms with E-state index < -0.39 is 0 Å². The summed E-state index contributed by atoms with van der Waals surface area (Å²) >= 11 is 0. The maximum absolute atomic E-state index is 5.53. The summed E-state index contributed by atoms with van der Waals surface area (Å²) in [6, 6.07) is 15.5. The number of hydrogen-bond donors (Lipinski definition) is 0. The van der Waals surface area contributed by atoms with Crippen LogP contribution in [0.1, 0.15) is 5.69 Å². The third kappa shape index (κ3) is 2.33. The van der Waals surface area contributed by atoms with Crippen molar-refractivity contribution >= 4 is 0 Å². The number of ether oxygens (including phenoxy) is 1. The SMILES string of the molecule is c1ccc(OCc2ccccn2)cc1. The lowest BCUT2D eigenvalue weighted by atomic mass is 10.3. The van der Waals surface area contributed by atoms with Gasteiger partial charge in [-0.1, -0.05) is 24.3 Å². The monoisotopic (exact) mass is 185 g/mol. The van der Waals surface area contributed by atoms with Crippen LogP contribution < -0.4 is 4.74 Å². The Bertz CT molecular complexity index is 333. The molecule has 0 fully saturated rings. The quantitative estimate of drug-likeness (QED) is 0.733. The van der Waals surface area contributed by atoms with Gasteiger partial charge in [0.1, 0.15) is 12.4 Å². The molecule has 0 N–H and O–H groups in total. The first-order valence-electron chi connectivity index (χ1n) is 4.53. The molecule has 0 unspecified atom stereocenters. The van der Waals surface area contributed by atoms with Crippen molar-refractivity contribution < 1.29 is 4.74 Å². The Kier molecular flexibility index (Phi) is 2.76. The van der Waals surface area contributed by atoms with Crippen molar-refractivity contribution in [2.45, 2.75) is 6.61 Å². The minimum Gasteiger partial charge on any atom is -0.487 e. The van der Waals surface area contributed by atoms with Crippen LogP contribution >= 0.6 is 0 Å². The highest BCUT2D eigenvalue weighted by Gasteiger charge is 1.94. The number of rotatable bonds is 3. The first-order valence-corrected chi connectivity index (χ1v) is 4.53. The molecule has 0 saturated heterocycles. The van der Waals surface area contributed by atoms with E-state index in [1.165, 1.54) is 0 Å². The van der Waals surface area contributed by atoms with E-state index in [9.17, 15) is 0 Å². The molecule has 0 spiro atoms. The Hall–Kier alpha value is -1.83. The Labute approximate surface area is 83.2 Å². The molecule has 1 aromatic carbocycles. The number of para-hydroxylation sites is 1. The smallest absolute Gasteiger partial charge is 0.130 e. The summed E-state index contributed by atoms with van der Waals surface area (Å²) in [5.74, 6) is 0.873. The van der Waals surface area contributed by atoms with Crippen molar-refractivity contribution in [3.8, 4) is 5.75 Å². The zero-order chi connectivity index (χ0) is 9.64. The summed E-state index contributed by atoms with van der Waals surface area (Å²) in [6.45, 7) is 0.519. The van der Waals surface area contributed by atoms with Gasteiger partial charge in [-0.05, 0) is 24.3 Å². The molecule has 14 heavy (non-hydrogen) atoms. The zero-order valence-electron chi connectivity index (χ0n) is 7.76. The second kappa shape index (κ2) is 4.42. The second-order valence-corrected chi connectivity index (χ2v) is 2.92. The van der Waals surface area contributed by atoms with Gasteiger partial charge in [0, 0.05) is 6.20 Å². The molecule has 0 radical (unpaired) electrons. The zero-order valence-corrected chi connectivity index (χ0v) is 7.76. The lowest BCUT2D eigenvalue weighted by Gasteiger charge is -2.04. The van der Waals surface area contributed by atoms with Gasteiger partial charge in [-0.3, -0.25) is 4.98 Å². The molecule has 2 heteroatoms. The van der Waals surface area contributed by atoms with Crippen LogP contribution in [0.4, 0.5) is 0 Å². The molecule has 2 aromatic rings. The Morgan fingerprint density at radius 1 is 0.929 bits per heavy atom. The summed E-state index contributed by atoms with van der Waals surface area (Å²) in [6.07, 6.45) is 1.77. The maximum Gasteiger partial charge on any atom is 0.130 e. The predicted molar refractivity (Wildman–Crippen MR) is 55.0 cm³/mol. The number of aromatic nitrogens is 1. The molecule has 70 valence electrons. The number of nitrogens with zero attached hydrogens (tertiary/aromatic N) is 1. The van der Waals surface area contributed by atoms with Crippen LogP contribution in [-0.2, 0) is 6.61 Å². The third-order valence-electron chi connectivity index (χ3n) is 1.86. The van der Waals surface area contributed by atoms with Crippen LogP contribution in [-0.4, -0.2) is 4.98 Å². The van der Waals surface area contributed by atoms with Crippen LogP contribution in [0.5, 0.6) is 5.75 Å². The molecular weight excluding hydrogens is 174 g/mol. The van der Waals surface area contributed by atoms with E-state index in [0.717, 1.165) is 11.4 Å². The molecule has 1 aromatic heterocycles. The molecule has 1 heterocycles. The van der Waals surface area contributed by atoms with Gasteiger partial charge in [0.25, 0.3) is 0 Å². The van der Waals surface area contributed by atoms with Crippen molar-refractivity contribution in [1.82, 2.24) is 4.98 Å². The van der Waals surface area contributed by atoms with Gasteiger partial charge in [0.15, 0.2) is 0 Å². The normalized spacial score (nSPS) is 9.71. The van der Waals surface area contributed by atoms with Gasteiger partial charge in [-0.2, -0.15) is 0 Å². The molecule has 0 aliphatic heterocycles. The Morgan fingerprint density at radius 2 is 1.71 bits per heavy atom. The highest BCUT2D eigenvalue weighted by Crippen LogP contribution is 2.10. The predicted octanol–water partition coefficient (Wildman–Crippen LogP) is 2.66. The van der Waals surface area contributed by atoms with E-state index >= 15 is 0 Å². The van der Waals surface area contributed by atoms with Crippen LogP contribution in [0.2, 0.25) is 0 Å². The first-order chi connectivity index (χ1) is 6.95. The van der Waals surface area contributed by atoms with Crippen molar-refractivity contribution in [3.05, 3.63) is 60.4 Å². The molecule has 2 rings (SSSR count). The number of benzene rings is 1. The fraction of sp³-hybridized carbons (Fsp3) is 0.0833. The highest BCUT2D eigenvalue weighted by atomic mass is 16.5. The summed E-state index contributed by atoms with van der Waals surface area (Å²) in [5, 5.41) is 0. The summed E-state index contributed by atoms with van der Waals surface area (Å²) < 4.78 is 5.53. The minimum absolute atomic E-state index is 0.519. The Balaban J connectivity index is 1.96. The van der Waals surface area contributed by atoms with E-state index in [4.69, 9.17) is 4.74 Å². The molecule has 0 amide bonds. The highest BCUT2D eigenvalue weighted by molar-refractivity contribution is 5.21. The average molecular weight is 185 g/mol. The fourth-order valence-corrected chi connectivity index (χ4v) is 1.16. The van der Waals surface area contributed by atoms with Gasteiger partial charge in [0.05, 0.1) is 5.69 Å². The Morgan fingerprint density at radius 3 is 2.43 bits per heavy atom. The maximum atomic E-state index is 5.53. The summed E-state index contributed by atoms with van der Waals surface area (Å²) in [7, 11) is 0. The molecule has 0 atom stereocenters. The van der Waals surface area contributed by atoms with Crippen LogP contribution in [0.3, 0.4) is 0 Å². The standard InChI is InChI=1S/C12H11NO/c1-2-7-12(8-3-1)14-10-11-6-4-5-9-13-11/h1-9H,10H2. The van der Waals surface area contributed by atoms with Gasteiger partial charge in [-0.15, -0.1) is 0 Å². The molecule has 0 aliphatic carbocycles. The molecule has 0 bridgehead atoms. The molecule has 0 aliphatic rings.